The lowest BCUT2D eigenvalue weighted by molar-refractivity contribution is -0.176. The van der Waals surface area contributed by atoms with Crippen molar-refractivity contribution >= 4 is 29.8 Å². The number of hydrogen-bond donors (Lipinski definition) is 1. The number of amides is 1. The number of benzene rings is 2. The molecular weight excluding hydrogens is 624 g/mol. The van der Waals surface area contributed by atoms with E-state index in [0.717, 1.165) is 11.1 Å². The van der Waals surface area contributed by atoms with Gasteiger partial charge in [0.2, 0.25) is 5.75 Å². The third-order valence-electron chi connectivity index (χ3n) is 7.32. The fraction of sp³-hybridized carbons (Fsp3) is 0.371. The van der Waals surface area contributed by atoms with Crippen molar-refractivity contribution in [2.45, 2.75) is 52.0 Å². The van der Waals surface area contributed by atoms with Crippen LogP contribution in [0.1, 0.15) is 42.4 Å². The number of cyclic esters (lactones) is 2. The summed E-state index contributed by atoms with van der Waals surface area (Å²) in [6.07, 6.45) is -0.892. The maximum atomic E-state index is 13.5. The van der Waals surface area contributed by atoms with Gasteiger partial charge >= 0.3 is 23.9 Å². The first-order chi connectivity index (χ1) is 23.1. The number of aromatic nitrogens is 1. The van der Waals surface area contributed by atoms with E-state index in [0.29, 0.717) is 0 Å². The fourth-order valence-electron chi connectivity index (χ4n) is 4.80. The van der Waals surface area contributed by atoms with Gasteiger partial charge in [-0.15, -0.1) is 0 Å². The Labute approximate surface area is 277 Å². The van der Waals surface area contributed by atoms with Crippen LogP contribution in [-0.2, 0) is 51.2 Å². The van der Waals surface area contributed by atoms with Gasteiger partial charge in [-0.3, -0.25) is 14.4 Å². The van der Waals surface area contributed by atoms with E-state index in [1.807, 2.05) is 48.5 Å². The van der Waals surface area contributed by atoms with Gasteiger partial charge in [0.25, 0.3) is 5.91 Å². The van der Waals surface area contributed by atoms with Crippen molar-refractivity contribution in [3.05, 3.63) is 89.7 Å². The van der Waals surface area contributed by atoms with Gasteiger partial charge in [0.15, 0.2) is 23.6 Å². The van der Waals surface area contributed by atoms with Crippen LogP contribution in [0.3, 0.4) is 0 Å². The molecule has 1 amide bonds. The summed E-state index contributed by atoms with van der Waals surface area (Å²) in [7, 11) is 1.31. The van der Waals surface area contributed by atoms with Gasteiger partial charge in [0.1, 0.15) is 25.2 Å². The number of carbonyl (C=O) groups is 5. The Morgan fingerprint density at radius 3 is 2.27 bits per heavy atom. The molecule has 1 aliphatic heterocycles. The number of methoxy groups -OCH3 is 1. The third-order valence-corrected chi connectivity index (χ3v) is 7.32. The van der Waals surface area contributed by atoms with Crippen LogP contribution < -0.4 is 14.8 Å². The van der Waals surface area contributed by atoms with Crippen molar-refractivity contribution < 1.29 is 52.4 Å². The average Bonchev–Trinajstić information content (AvgIpc) is 3.11. The molecule has 3 aromatic rings. The van der Waals surface area contributed by atoms with Gasteiger partial charge in [-0.25, -0.2) is 14.6 Å². The lowest BCUT2D eigenvalue weighted by atomic mass is 9.91. The van der Waals surface area contributed by atoms with E-state index in [2.05, 4.69) is 10.3 Å². The zero-order valence-electron chi connectivity index (χ0n) is 27.1. The minimum absolute atomic E-state index is 0.0159. The van der Waals surface area contributed by atoms with E-state index >= 15 is 0 Å². The minimum Gasteiger partial charge on any atom is -0.493 e. The Hall–Kier alpha value is -5.30. The quantitative estimate of drug-likeness (QED) is 0.223. The summed E-state index contributed by atoms with van der Waals surface area (Å²) in [5.41, 5.74) is 1.23. The van der Waals surface area contributed by atoms with Crippen molar-refractivity contribution in [2.24, 2.45) is 11.8 Å². The molecule has 2 aromatic carbocycles. The normalized spacial score (nSPS) is 19.5. The minimum atomic E-state index is -1.49. The SMILES string of the molecule is COc1ccnc(C(=O)N[C@H]2COC(=O)[C@H](Cc3ccccc3)[C@@H](OC(=O)C(C)C)[C@H](C)OC2=O)c1OC(=O)COCc1ccccc1. The Morgan fingerprint density at radius 1 is 0.958 bits per heavy atom. The molecule has 1 aliphatic rings. The standard InChI is InChI=1S/C35H38N2O11/c1-21(2)33(40)48-30-22(3)46-35(42)26(19-45-34(41)25(30)17-23-11-7-5-8-12-23)37-32(39)29-31(27(43-4)15-16-36-29)47-28(38)20-44-18-24-13-9-6-10-14-24/h5-16,21-22,25-26,30H,17-20H2,1-4H3,(H,37,39)/t22-,25+,26-,30-/m0/s1. The van der Waals surface area contributed by atoms with Gasteiger partial charge < -0.3 is 33.7 Å². The van der Waals surface area contributed by atoms with Gasteiger partial charge in [-0.2, -0.15) is 0 Å². The first kappa shape index (κ1) is 35.6. The zero-order valence-corrected chi connectivity index (χ0v) is 27.1. The van der Waals surface area contributed by atoms with E-state index in [9.17, 15) is 24.0 Å². The molecule has 2 heterocycles. The average molecular weight is 663 g/mol. The van der Waals surface area contributed by atoms with E-state index in [1.165, 1.54) is 26.3 Å². The van der Waals surface area contributed by atoms with Crippen LogP contribution in [0.4, 0.5) is 0 Å². The van der Waals surface area contributed by atoms with E-state index in [1.54, 1.807) is 26.0 Å². The highest BCUT2D eigenvalue weighted by molar-refractivity contribution is 5.99. The molecule has 0 bridgehead atoms. The van der Waals surface area contributed by atoms with Crippen LogP contribution in [0.15, 0.2) is 72.9 Å². The molecule has 0 saturated carbocycles. The van der Waals surface area contributed by atoms with Gasteiger partial charge in [-0.1, -0.05) is 74.5 Å². The van der Waals surface area contributed by atoms with Gasteiger partial charge in [-0.05, 0) is 24.5 Å². The monoisotopic (exact) mass is 662 g/mol. The largest absolute Gasteiger partial charge is 0.493 e. The van der Waals surface area contributed by atoms with Crippen molar-refractivity contribution in [3.8, 4) is 11.5 Å². The lowest BCUT2D eigenvalue weighted by Gasteiger charge is -2.29. The maximum Gasteiger partial charge on any atom is 0.337 e. The summed E-state index contributed by atoms with van der Waals surface area (Å²) < 4.78 is 33.0. The number of esters is 4. The number of nitrogens with one attached hydrogen (secondary N) is 1. The van der Waals surface area contributed by atoms with Crippen LogP contribution in [-0.4, -0.2) is 73.3 Å². The van der Waals surface area contributed by atoms with E-state index in [4.69, 9.17) is 28.4 Å². The van der Waals surface area contributed by atoms with Crippen LogP contribution >= 0.6 is 0 Å². The number of pyridine rings is 1. The summed E-state index contributed by atoms with van der Waals surface area (Å²) in [6.45, 7) is 3.88. The summed E-state index contributed by atoms with van der Waals surface area (Å²) in [4.78, 5) is 69.7. The Kier molecular flexibility index (Phi) is 12.6. The predicted octanol–water partition coefficient (Wildman–Crippen LogP) is 3.23. The molecule has 4 rings (SSSR count). The molecule has 1 saturated heterocycles. The van der Waals surface area contributed by atoms with Gasteiger partial charge in [0, 0.05) is 12.3 Å². The molecule has 48 heavy (non-hydrogen) atoms. The second-order valence-electron chi connectivity index (χ2n) is 11.3. The van der Waals surface area contributed by atoms with Crippen LogP contribution in [0.5, 0.6) is 11.5 Å². The summed E-state index contributed by atoms with van der Waals surface area (Å²) in [6, 6.07) is 18.1. The lowest BCUT2D eigenvalue weighted by Crippen LogP contribution is -2.47. The van der Waals surface area contributed by atoms with Crippen molar-refractivity contribution in [1.82, 2.24) is 10.3 Å². The number of ether oxygens (including phenoxy) is 6. The molecule has 0 radical (unpaired) electrons. The zero-order chi connectivity index (χ0) is 34.6. The molecular formula is C35H38N2O11. The fourth-order valence-corrected chi connectivity index (χ4v) is 4.80. The second kappa shape index (κ2) is 17.0. The molecule has 4 atom stereocenters. The first-order valence-corrected chi connectivity index (χ1v) is 15.3. The molecule has 0 spiro atoms. The summed E-state index contributed by atoms with van der Waals surface area (Å²) in [5, 5.41) is 2.45. The number of nitrogens with zero attached hydrogens (tertiary/aromatic N) is 1. The smallest absolute Gasteiger partial charge is 0.337 e. The van der Waals surface area contributed by atoms with E-state index in [-0.39, 0.29) is 30.2 Å². The second-order valence-corrected chi connectivity index (χ2v) is 11.3. The van der Waals surface area contributed by atoms with Crippen molar-refractivity contribution in [3.63, 3.8) is 0 Å². The molecule has 0 aliphatic carbocycles. The Balaban J connectivity index is 1.51. The van der Waals surface area contributed by atoms with Crippen molar-refractivity contribution in [1.29, 1.82) is 0 Å². The number of carbonyl (C=O) groups excluding carboxylic acids is 5. The first-order valence-electron chi connectivity index (χ1n) is 15.3. The molecule has 13 heteroatoms. The predicted molar refractivity (Wildman–Crippen MR) is 169 cm³/mol. The molecule has 1 N–H and O–H groups in total. The van der Waals surface area contributed by atoms with Crippen LogP contribution in [0.25, 0.3) is 0 Å². The van der Waals surface area contributed by atoms with E-state index < -0.39 is 73.1 Å². The summed E-state index contributed by atoms with van der Waals surface area (Å²) in [5.74, 6) is -5.91. The number of hydrogen-bond acceptors (Lipinski definition) is 12. The highest BCUT2D eigenvalue weighted by Gasteiger charge is 2.42. The van der Waals surface area contributed by atoms with Crippen molar-refractivity contribution in [2.75, 3.05) is 20.3 Å². The third kappa shape index (κ3) is 9.61. The van der Waals surface area contributed by atoms with Crippen LogP contribution in [0, 0.1) is 11.8 Å². The topological polar surface area (TPSA) is 166 Å². The molecule has 254 valence electrons. The Morgan fingerprint density at radius 2 is 1.62 bits per heavy atom. The molecule has 1 aromatic heterocycles. The molecule has 1 fully saturated rings. The highest BCUT2D eigenvalue weighted by Crippen LogP contribution is 2.30. The van der Waals surface area contributed by atoms with Crippen LogP contribution in [0.2, 0.25) is 0 Å². The Bertz CT molecular complexity index is 1580. The highest BCUT2D eigenvalue weighted by atomic mass is 16.6. The summed E-state index contributed by atoms with van der Waals surface area (Å²) >= 11 is 0. The number of rotatable bonds is 12. The molecule has 0 unspecified atom stereocenters. The maximum absolute atomic E-state index is 13.5. The molecule has 13 nitrogen and oxygen atoms in total. The van der Waals surface area contributed by atoms with Gasteiger partial charge in [0.05, 0.1) is 19.6 Å².